The maximum atomic E-state index is 12.5. The van der Waals surface area contributed by atoms with E-state index in [0.29, 0.717) is 6.54 Å². The second-order valence-electron chi connectivity index (χ2n) is 5.98. The number of carbonyl (C=O) groups is 1. The van der Waals surface area contributed by atoms with Gasteiger partial charge in [0.1, 0.15) is 0 Å². The Morgan fingerprint density at radius 3 is 2.18 bits per heavy atom. The highest BCUT2D eigenvalue weighted by Gasteiger charge is 2.30. The van der Waals surface area contributed by atoms with Gasteiger partial charge in [0.2, 0.25) is 5.91 Å². The van der Waals surface area contributed by atoms with Crippen LogP contribution in [0.15, 0.2) is 24.3 Å². The van der Waals surface area contributed by atoms with Crippen LogP contribution in [-0.2, 0) is 17.5 Å². The van der Waals surface area contributed by atoms with Crippen LogP contribution >= 0.6 is 0 Å². The van der Waals surface area contributed by atoms with Gasteiger partial charge in [-0.05, 0) is 43.6 Å². The Labute approximate surface area is 128 Å². The molecule has 6 heteroatoms. The normalized spacial score (nSPS) is 17.5. The number of hydrogen-bond donors (Lipinski definition) is 0. The quantitative estimate of drug-likeness (QED) is 0.856. The van der Waals surface area contributed by atoms with Gasteiger partial charge in [-0.25, -0.2) is 0 Å². The van der Waals surface area contributed by atoms with Gasteiger partial charge in [-0.1, -0.05) is 12.1 Å². The molecule has 122 valence electrons. The number of alkyl halides is 3. The average molecular weight is 314 g/mol. The summed E-state index contributed by atoms with van der Waals surface area (Å²) in [5.41, 5.74) is 0.247. The zero-order valence-corrected chi connectivity index (χ0v) is 12.9. The Kier molecular flexibility index (Phi) is 5.11. The van der Waals surface area contributed by atoms with Crippen molar-refractivity contribution in [2.24, 2.45) is 5.92 Å². The molecule has 1 amide bonds. The highest BCUT2D eigenvalue weighted by molar-refractivity contribution is 5.78. The van der Waals surface area contributed by atoms with Gasteiger partial charge < -0.3 is 4.90 Å². The summed E-state index contributed by atoms with van der Waals surface area (Å²) in [6.45, 7) is 2.22. The van der Waals surface area contributed by atoms with Crippen molar-refractivity contribution in [3.05, 3.63) is 35.4 Å². The average Bonchev–Trinajstić information content (AvgIpc) is 2.47. The summed E-state index contributed by atoms with van der Waals surface area (Å²) in [6, 6.07) is 5.30. The van der Waals surface area contributed by atoms with Gasteiger partial charge in [0.25, 0.3) is 0 Å². The largest absolute Gasteiger partial charge is 0.416 e. The summed E-state index contributed by atoms with van der Waals surface area (Å²) in [4.78, 5) is 15.7. The Morgan fingerprint density at radius 2 is 1.73 bits per heavy atom. The smallest absolute Gasteiger partial charge is 0.349 e. The molecular formula is C16H21F3N2O. The zero-order chi connectivity index (χ0) is 16.3. The van der Waals surface area contributed by atoms with Gasteiger partial charge in [-0.15, -0.1) is 0 Å². The lowest BCUT2D eigenvalue weighted by molar-refractivity contribution is -0.137. The van der Waals surface area contributed by atoms with E-state index in [1.165, 1.54) is 12.1 Å². The zero-order valence-electron chi connectivity index (χ0n) is 12.9. The van der Waals surface area contributed by atoms with Crippen molar-refractivity contribution in [1.82, 2.24) is 9.80 Å². The third-order valence-corrected chi connectivity index (χ3v) is 4.07. The molecule has 3 nitrogen and oxygen atoms in total. The van der Waals surface area contributed by atoms with E-state index in [9.17, 15) is 18.0 Å². The molecule has 22 heavy (non-hydrogen) atoms. The summed E-state index contributed by atoms with van der Waals surface area (Å²) in [6.07, 6.45) is -2.68. The summed E-state index contributed by atoms with van der Waals surface area (Å²) < 4.78 is 37.5. The summed E-state index contributed by atoms with van der Waals surface area (Å²) in [7, 11) is 3.52. The minimum absolute atomic E-state index is 0.0684. The third-order valence-electron chi connectivity index (χ3n) is 4.07. The SMILES string of the molecule is CN(C)C(=O)C1CCN(Cc2ccc(C(F)(F)F)cc2)CC1. The topological polar surface area (TPSA) is 23.6 Å². The fourth-order valence-electron chi connectivity index (χ4n) is 2.76. The van der Waals surface area contributed by atoms with Gasteiger partial charge in [0.05, 0.1) is 5.56 Å². The van der Waals surface area contributed by atoms with E-state index in [2.05, 4.69) is 4.90 Å². The summed E-state index contributed by atoms with van der Waals surface area (Å²) in [5.74, 6) is 0.230. The number of carbonyl (C=O) groups excluding carboxylic acids is 1. The minimum atomic E-state index is -4.29. The lowest BCUT2D eigenvalue weighted by Crippen LogP contribution is -2.39. The highest BCUT2D eigenvalue weighted by Crippen LogP contribution is 2.29. The van der Waals surface area contributed by atoms with Crippen LogP contribution in [0.25, 0.3) is 0 Å². The second-order valence-corrected chi connectivity index (χ2v) is 5.98. The first-order valence-electron chi connectivity index (χ1n) is 7.37. The molecule has 1 heterocycles. The molecule has 0 bridgehead atoms. The maximum absolute atomic E-state index is 12.5. The van der Waals surface area contributed by atoms with Gasteiger partial charge in [0.15, 0.2) is 0 Å². The number of hydrogen-bond acceptors (Lipinski definition) is 2. The Balaban J connectivity index is 1.87. The van der Waals surface area contributed by atoms with Crippen LogP contribution in [0, 0.1) is 5.92 Å². The summed E-state index contributed by atoms with van der Waals surface area (Å²) >= 11 is 0. The van der Waals surface area contributed by atoms with E-state index in [1.54, 1.807) is 19.0 Å². The fourth-order valence-corrected chi connectivity index (χ4v) is 2.76. The number of benzene rings is 1. The van der Waals surface area contributed by atoms with Crippen molar-refractivity contribution in [2.75, 3.05) is 27.2 Å². The molecule has 1 aromatic rings. The standard InChI is InChI=1S/C16H21F3N2O/c1-20(2)15(22)13-7-9-21(10-8-13)11-12-3-5-14(6-4-12)16(17,18)19/h3-6,13H,7-11H2,1-2H3. The van der Waals surface area contributed by atoms with Crippen LogP contribution in [0.1, 0.15) is 24.0 Å². The number of amides is 1. The van der Waals surface area contributed by atoms with Crippen molar-refractivity contribution < 1.29 is 18.0 Å². The Bertz CT molecular complexity index is 503. The molecule has 1 aromatic carbocycles. The van der Waals surface area contributed by atoms with Crippen molar-refractivity contribution >= 4 is 5.91 Å². The molecule has 0 unspecified atom stereocenters. The van der Waals surface area contributed by atoms with Gasteiger partial charge >= 0.3 is 6.18 Å². The molecule has 0 atom stereocenters. The predicted octanol–water partition coefficient (Wildman–Crippen LogP) is 3.01. The van der Waals surface area contributed by atoms with Crippen LogP contribution in [-0.4, -0.2) is 42.9 Å². The summed E-state index contributed by atoms with van der Waals surface area (Å²) in [5, 5.41) is 0. The van der Waals surface area contributed by atoms with E-state index in [-0.39, 0.29) is 11.8 Å². The van der Waals surface area contributed by atoms with Crippen LogP contribution in [0.3, 0.4) is 0 Å². The Hall–Kier alpha value is -1.56. The number of piperidine rings is 1. The first-order chi connectivity index (χ1) is 10.3. The molecule has 1 fully saturated rings. The number of nitrogens with zero attached hydrogens (tertiary/aromatic N) is 2. The van der Waals surface area contributed by atoms with E-state index in [4.69, 9.17) is 0 Å². The van der Waals surface area contributed by atoms with Gasteiger partial charge in [0, 0.05) is 26.6 Å². The minimum Gasteiger partial charge on any atom is -0.349 e. The monoisotopic (exact) mass is 314 g/mol. The first-order valence-corrected chi connectivity index (χ1v) is 7.37. The Morgan fingerprint density at radius 1 is 1.18 bits per heavy atom. The lowest BCUT2D eigenvalue weighted by Gasteiger charge is -2.32. The maximum Gasteiger partial charge on any atom is 0.416 e. The van der Waals surface area contributed by atoms with E-state index in [0.717, 1.165) is 43.6 Å². The van der Waals surface area contributed by atoms with E-state index < -0.39 is 11.7 Å². The molecule has 0 N–H and O–H groups in total. The van der Waals surface area contributed by atoms with E-state index in [1.807, 2.05) is 0 Å². The molecule has 1 aliphatic rings. The molecule has 1 aliphatic heterocycles. The molecular weight excluding hydrogens is 293 g/mol. The number of likely N-dealkylation sites (tertiary alicyclic amines) is 1. The molecule has 0 aromatic heterocycles. The van der Waals surface area contributed by atoms with Gasteiger partial charge in [-0.2, -0.15) is 13.2 Å². The van der Waals surface area contributed by atoms with E-state index >= 15 is 0 Å². The fraction of sp³-hybridized carbons (Fsp3) is 0.562. The predicted molar refractivity (Wildman–Crippen MR) is 78.1 cm³/mol. The molecule has 0 radical (unpaired) electrons. The van der Waals surface area contributed by atoms with Crippen LogP contribution in [0.2, 0.25) is 0 Å². The number of rotatable bonds is 3. The van der Waals surface area contributed by atoms with Crippen molar-refractivity contribution in [3.8, 4) is 0 Å². The second kappa shape index (κ2) is 6.69. The van der Waals surface area contributed by atoms with Crippen LogP contribution in [0.4, 0.5) is 13.2 Å². The third kappa shape index (κ3) is 4.22. The molecule has 0 spiro atoms. The molecule has 0 aliphatic carbocycles. The highest BCUT2D eigenvalue weighted by atomic mass is 19.4. The molecule has 1 saturated heterocycles. The van der Waals surface area contributed by atoms with Crippen LogP contribution in [0.5, 0.6) is 0 Å². The van der Waals surface area contributed by atoms with Crippen LogP contribution < -0.4 is 0 Å². The molecule has 2 rings (SSSR count). The lowest BCUT2D eigenvalue weighted by atomic mass is 9.95. The number of halogens is 3. The first kappa shape index (κ1) is 16.8. The molecule has 0 saturated carbocycles. The van der Waals surface area contributed by atoms with Crippen molar-refractivity contribution in [3.63, 3.8) is 0 Å². The van der Waals surface area contributed by atoms with Crippen molar-refractivity contribution in [1.29, 1.82) is 0 Å². The van der Waals surface area contributed by atoms with Gasteiger partial charge in [-0.3, -0.25) is 9.69 Å². The van der Waals surface area contributed by atoms with Crippen molar-refractivity contribution in [2.45, 2.75) is 25.6 Å².